The average molecular weight is 404 g/mol. The zero-order valence-corrected chi connectivity index (χ0v) is 17.2. The number of nitrogens with zero attached hydrogens (tertiary/aromatic N) is 5. The molecule has 0 unspecified atom stereocenters. The topological polar surface area (TPSA) is 80.5 Å². The Hall–Kier alpha value is -3.39. The zero-order chi connectivity index (χ0) is 20.2. The van der Waals surface area contributed by atoms with Crippen LogP contribution in [0.3, 0.4) is 0 Å². The lowest BCUT2D eigenvalue weighted by Crippen LogP contribution is -2.05. The summed E-state index contributed by atoms with van der Waals surface area (Å²) in [7, 11) is 1.94. The van der Waals surface area contributed by atoms with Crippen LogP contribution in [0.1, 0.15) is 11.1 Å². The van der Waals surface area contributed by atoms with Gasteiger partial charge in [-0.2, -0.15) is 15.0 Å². The summed E-state index contributed by atoms with van der Waals surface area (Å²) in [6.07, 6.45) is 3.64. The van der Waals surface area contributed by atoms with E-state index in [2.05, 4.69) is 44.4 Å². The first-order valence-corrected chi connectivity index (χ1v) is 9.95. The van der Waals surface area contributed by atoms with Gasteiger partial charge in [0.25, 0.3) is 0 Å². The molecule has 4 aromatic rings. The van der Waals surface area contributed by atoms with Crippen LogP contribution in [-0.2, 0) is 7.05 Å². The highest BCUT2D eigenvalue weighted by molar-refractivity contribution is 7.99. The Bertz CT molecular complexity index is 1040. The largest absolute Gasteiger partial charge is 0.329 e. The van der Waals surface area contributed by atoms with E-state index >= 15 is 0 Å². The minimum atomic E-state index is 0.468. The molecule has 0 fully saturated rings. The minimum absolute atomic E-state index is 0.468. The third-order valence-electron chi connectivity index (χ3n) is 4.19. The fourth-order valence-electron chi connectivity index (χ4n) is 2.58. The first-order valence-electron chi connectivity index (χ1n) is 9.14. The molecule has 0 saturated heterocycles. The van der Waals surface area contributed by atoms with Crippen LogP contribution < -0.4 is 10.6 Å². The van der Waals surface area contributed by atoms with Crippen LogP contribution >= 0.6 is 11.8 Å². The van der Waals surface area contributed by atoms with E-state index in [-0.39, 0.29) is 0 Å². The molecule has 2 aromatic carbocycles. The monoisotopic (exact) mass is 403 g/mol. The van der Waals surface area contributed by atoms with Gasteiger partial charge < -0.3 is 15.2 Å². The molecule has 0 amide bonds. The molecule has 0 saturated carbocycles. The predicted molar refractivity (Wildman–Crippen MR) is 116 cm³/mol. The lowest BCUT2D eigenvalue weighted by Gasteiger charge is -2.10. The molecule has 0 radical (unpaired) electrons. The Morgan fingerprint density at radius 1 is 0.759 bits per heavy atom. The molecule has 0 aliphatic carbocycles. The van der Waals surface area contributed by atoms with E-state index in [0.717, 1.165) is 16.5 Å². The molecule has 29 heavy (non-hydrogen) atoms. The van der Waals surface area contributed by atoms with Gasteiger partial charge in [0.1, 0.15) is 0 Å². The predicted octanol–water partition coefficient (Wildman–Crippen LogP) is 4.86. The maximum Gasteiger partial charge on any atom is 0.233 e. The summed E-state index contributed by atoms with van der Waals surface area (Å²) < 4.78 is 1.93. The lowest BCUT2D eigenvalue weighted by molar-refractivity contribution is 0.784. The highest BCUT2D eigenvalue weighted by Gasteiger charge is 2.11. The molecule has 4 rings (SSSR count). The Labute approximate surface area is 173 Å². The molecule has 2 heterocycles. The summed E-state index contributed by atoms with van der Waals surface area (Å²) in [5, 5.41) is 7.88. The number of anilines is 4. The first kappa shape index (κ1) is 18.9. The van der Waals surface area contributed by atoms with Crippen LogP contribution in [0.25, 0.3) is 0 Å². The fourth-order valence-corrected chi connectivity index (χ4v) is 3.32. The van der Waals surface area contributed by atoms with Crippen molar-refractivity contribution in [3.05, 3.63) is 72.1 Å². The van der Waals surface area contributed by atoms with Gasteiger partial charge in [-0.15, -0.1) is 0 Å². The average Bonchev–Trinajstić information content (AvgIpc) is 3.10. The number of aromatic nitrogens is 5. The van der Waals surface area contributed by atoms with Crippen molar-refractivity contribution >= 4 is 35.0 Å². The van der Waals surface area contributed by atoms with Crippen molar-refractivity contribution < 1.29 is 0 Å². The molecule has 7 nitrogen and oxygen atoms in total. The van der Waals surface area contributed by atoms with Gasteiger partial charge in [-0.3, -0.25) is 0 Å². The van der Waals surface area contributed by atoms with Gasteiger partial charge in [-0.05, 0) is 49.9 Å². The highest BCUT2D eigenvalue weighted by atomic mass is 32.2. The van der Waals surface area contributed by atoms with E-state index in [1.165, 1.54) is 22.9 Å². The number of nitrogens with one attached hydrogen (secondary N) is 2. The van der Waals surface area contributed by atoms with Crippen molar-refractivity contribution in [2.75, 3.05) is 10.6 Å². The number of rotatable bonds is 6. The van der Waals surface area contributed by atoms with E-state index in [1.54, 1.807) is 6.20 Å². The van der Waals surface area contributed by atoms with Crippen LogP contribution in [0.4, 0.5) is 23.3 Å². The molecule has 0 bridgehead atoms. The van der Waals surface area contributed by atoms with Gasteiger partial charge in [0.15, 0.2) is 5.16 Å². The number of hydrogen-bond acceptors (Lipinski definition) is 7. The quantitative estimate of drug-likeness (QED) is 0.476. The number of aryl methyl sites for hydroxylation is 3. The lowest BCUT2D eigenvalue weighted by atomic mass is 10.2. The molecular formula is C21H21N7S. The molecule has 8 heteroatoms. The molecule has 0 atom stereocenters. The number of benzene rings is 2. The normalized spacial score (nSPS) is 10.7. The summed E-state index contributed by atoms with van der Waals surface area (Å²) >= 11 is 1.38. The van der Waals surface area contributed by atoms with Crippen molar-refractivity contribution in [1.29, 1.82) is 0 Å². The third kappa shape index (κ3) is 4.91. The first-order chi connectivity index (χ1) is 14.0. The third-order valence-corrected chi connectivity index (χ3v) is 5.13. The molecule has 2 N–H and O–H groups in total. The van der Waals surface area contributed by atoms with Gasteiger partial charge in [0, 0.05) is 30.8 Å². The van der Waals surface area contributed by atoms with Crippen LogP contribution in [0.5, 0.6) is 0 Å². The van der Waals surface area contributed by atoms with Crippen molar-refractivity contribution in [2.24, 2.45) is 7.05 Å². The van der Waals surface area contributed by atoms with E-state index in [0.29, 0.717) is 17.1 Å². The summed E-state index contributed by atoms with van der Waals surface area (Å²) in [4.78, 5) is 18.0. The van der Waals surface area contributed by atoms with E-state index in [4.69, 9.17) is 0 Å². The van der Waals surface area contributed by atoms with Crippen molar-refractivity contribution in [1.82, 2.24) is 24.5 Å². The molecule has 0 spiro atoms. The fraction of sp³-hybridized carbons (Fsp3) is 0.143. The Morgan fingerprint density at radius 3 is 1.72 bits per heavy atom. The van der Waals surface area contributed by atoms with Gasteiger partial charge >= 0.3 is 0 Å². The maximum atomic E-state index is 4.56. The van der Waals surface area contributed by atoms with E-state index in [1.807, 2.05) is 66.3 Å². The molecule has 0 aliphatic heterocycles. The summed E-state index contributed by atoms with van der Waals surface area (Å²) in [6.45, 7) is 4.11. The minimum Gasteiger partial charge on any atom is -0.329 e. The molecule has 146 valence electrons. The van der Waals surface area contributed by atoms with Gasteiger partial charge in [-0.1, -0.05) is 35.4 Å². The van der Waals surface area contributed by atoms with Crippen LogP contribution in [0.15, 0.2) is 71.2 Å². The standard InChI is InChI=1S/C21H21N7S/c1-14-4-8-16(9-5-14)23-18-25-19(24-17-10-6-15(2)7-11-17)27-20(26-18)29-21-22-12-13-28(21)3/h4-13H,1-3H3,(H2,23,24,25,26,27). The number of hydrogen-bond donors (Lipinski definition) is 2. The Kier molecular flexibility index (Phi) is 5.44. The smallest absolute Gasteiger partial charge is 0.233 e. The van der Waals surface area contributed by atoms with Crippen molar-refractivity contribution in [3.63, 3.8) is 0 Å². The zero-order valence-electron chi connectivity index (χ0n) is 16.4. The van der Waals surface area contributed by atoms with E-state index in [9.17, 15) is 0 Å². The Morgan fingerprint density at radius 2 is 1.28 bits per heavy atom. The van der Waals surface area contributed by atoms with Crippen LogP contribution in [-0.4, -0.2) is 24.5 Å². The van der Waals surface area contributed by atoms with Crippen LogP contribution in [0, 0.1) is 13.8 Å². The van der Waals surface area contributed by atoms with E-state index < -0.39 is 0 Å². The van der Waals surface area contributed by atoms with Crippen molar-refractivity contribution in [3.8, 4) is 0 Å². The number of imidazole rings is 1. The van der Waals surface area contributed by atoms with Gasteiger partial charge in [0.2, 0.25) is 17.1 Å². The maximum absolute atomic E-state index is 4.56. The second kappa shape index (κ2) is 8.32. The Balaban J connectivity index is 1.65. The van der Waals surface area contributed by atoms with Crippen molar-refractivity contribution in [2.45, 2.75) is 24.2 Å². The summed E-state index contributed by atoms with van der Waals surface area (Å²) in [5.74, 6) is 0.936. The summed E-state index contributed by atoms with van der Waals surface area (Å²) in [6, 6.07) is 16.2. The summed E-state index contributed by atoms with van der Waals surface area (Å²) in [5.41, 5.74) is 4.21. The second-order valence-electron chi connectivity index (χ2n) is 6.67. The molecule has 0 aliphatic rings. The molecule has 2 aromatic heterocycles. The molecular weight excluding hydrogens is 382 g/mol. The highest BCUT2D eigenvalue weighted by Crippen LogP contribution is 2.26. The van der Waals surface area contributed by atoms with Gasteiger partial charge in [0.05, 0.1) is 0 Å². The second-order valence-corrected chi connectivity index (χ2v) is 7.60. The van der Waals surface area contributed by atoms with Crippen LogP contribution in [0.2, 0.25) is 0 Å². The SMILES string of the molecule is Cc1ccc(Nc2nc(Nc3ccc(C)cc3)nc(Sc3nccn3C)n2)cc1. The van der Waals surface area contributed by atoms with Gasteiger partial charge in [-0.25, -0.2) is 4.98 Å².